The minimum atomic E-state index is -0.0627. The van der Waals surface area contributed by atoms with E-state index in [1.54, 1.807) is 25.4 Å². The van der Waals surface area contributed by atoms with Gasteiger partial charge in [0, 0.05) is 24.8 Å². The lowest BCUT2D eigenvalue weighted by atomic mass is 10.1. The van der Waals surface area contributed by atoms with E-state index in [1.165, 1.54) is 6.08 Å². The summed E-state index contributed by atoms with van der Waals surface area (Å²) in [6, 6.07) is 13.1. The Labute approximate surface area is 232 Å². The SMILES string of the molecule is C=CC(=O)N1CCC[C@@H](n2nc(-c3ccc(Oc4cccc(OC)c4Cl)cc3)c3cncc(OCCC)c32)C1. The molecule has 9 heteroatoms. The van der Waals surface area contributed by atoms with E-state index in [2.05, 4.69) is 18.5 Å². The molecule has 0 bridgehead atoms. The molecular weight excluding hydrogens is 516 g/mol. The summed E-state index contributed by atoms with van der Waals surface area (Å²) in [6.07, 6.45) is 7.60. The third-order valence-corrected chi connectivity index (χ3v) is 7.14. The van der Waals surface area contributed by atoms with Gasteiger partial charge >= 0.3 is 0 Å². The summed E-state index contributed by atoms with van der Waals surface area (Å²) in [5.74, 6) is 2.32. The van der Waals surface area contributed by atoms with Gasteiger partial charge in [-0.2, -0.15) is 5.10 Å². The molecule has 2 aromatic carbocycles. The lowest BCUT2D eigenvalue weighted by molar-refractivity contribution is -0.127. The fourth-order valence-electron chi connectivity index (χ4n) is 4.87. The third kappa shape index (κ3) is 5.43. The van der Waals surface area contributed by atoms with E-state index >= 15 is 0 Å². The summed E-state index contributed by atoms with van der Waals surface area (Å²) in [6.45, 7) is 7.57. The summed E-state index contributed by atoms with van der Waals surface area (Å²) < 4.78 is 19.4. The number of pyridine rings is 1. The molecule has 0 aliphatic carbocycles. The van der Waals surface area contributed by atoms with Crippen LogP contribution in [0.3, 0.4) is 0 Å². The summed E-state index contributed by atoms with van der Waals surface area (Å²) in [5.41, 5.74) is 2.58. The lowest BCUT2D eigenvalue weighted by Gasteiger charge is -2.32. The van der Waals surface area contributed by atoms with Crippen molar-refractivity contribution in [3.63, 3.8) is 0 Å². The predicted molar refractivity (Wildman–Crippen MR) is 152 cm³/mol. The average molecular weight is 547 g/mol. The molecule has 0 radical (unpaired) electrons. The molecule has 1 aliphatic rings. The Morgan fingerprint density at radius 2 is 1.95 bits per heavy atom. The zero-order valence-corrected chi connectivity index (χ0v) is 22.9. The number of nitrogens with zero attached hydrogens (tertiary/aromatic N) is 4. The van der Waals surface area contributed by atoms with Crippen molar-refractivity contribution in [2.45, 2.75) is 32.2 Å². The fraction of sp³-hybridized carbons (Fsp3) is 0.300. The van der Waals surface area contributed by atoms with E-state index in [-0.39, 0.29) is 11.9 Å². The molecule has 1 aliphatic heterocycles. The van der Waals surface area contributed by atoms with Crippen LogP contribution >= 0.6 is 11.6 Å². The number of amides is 1. The van der Waals surface area contributed by atoms with Crippen molar-refractivity contribution in [3.8, 4) is 34.3 Å². The molecule has 8 nitrogen and oxygen atoms in total. The molecule has 4 aromatic rings. The van der Waals surface area contributed by atoms with Crippen LogP contribution in [-0.2, 0) is 4.79 Å². The second-order valence-corrected chi connectivity index (χ2v) is 9.74. The Morgan fingerprint density at radius 3 is 2.69 bits per heavy atom. The number of hydrogen-bond acceptors (Lipinski definition) is 6. The molecule has 1 saturated heterocycles. The van der Waals surface area contributed by atoms with Crippen LogP contribution in [0.1, 0.15) is 32.2 Å². The van der Waals surface area contributed by atoms with Gasteiger partial charge in [0.25, 0.3) is 0 Å². The van der Waals surface area contributed by atoms with E-state index in [0.29, 0.717) is 47.7 Å². The Morgan fingerprint density at radius 1 is 1.15 bits per heavy atom. The number of hydrogen-bond donors (Lipinski definition) is 0. The maximum atomic E-state index is 12.4. The second kappa shape index (κ2) is 11.8. The van der Waals surface area contributed by atoms with E-state index in [9.17, 15) is 4.79 Å². The van der Waals surface area contributed by atoms with Crippen molar-refractivity contribution in [2.24, 2.45) is 0 Å². The molecule has 1 amide bonds. The number of piperidine rings is 1. The van der Waals surface area contributed by atoms with Crippen LogP contribution in [0, 0.1) is 0 Å². The minimum absolute atomic E-state index is 0.00286. The van der Waals surface area contributed by atoms with Gasteiger partial charge in [-0.3, -0.25) is 14.5 Å². The molecule has 0 saturated carbocycles. The number of carbonyl (C=O) groups is 1. The van der Waals surface area contributed by atoms with Crippen molar-refractivity contribution in [1.82, 2.24) is 19.7 Å². The van der Waals surface area contributed by atoms with Crippen molar-refractivity contribution in [3.05, 3.63) is 72.5 Å². The highest BCUT2D eigenvalue weighted by Crippen LogP contribution is 2.39. The topological polar surface area (TPSA) is 78.7 Å². The van der Waals surface area contributed by atoms with Crippen LogP contribution in [0.5, 0.6) is 23.0 Å². The van der Waals surface area contributed by atoms with E-state index in [1.807, 2.05) is 46.1 Å². The minimum Gasteiger partial charge on any atom is -0.495 e. The van der Waals surface area contributed by atoms with Gasteiger partial charge in [-0.15, -0.1) is 0 Å². The molecule has 0 N–H and O–H groups in total. The van der Waals surface area contributed by atoms with Crippen molar-refractivity contribution < 1.29 is 19.0 Å². The first-order valence-electron chi connectivity index (χ1n) is 13.0. The Kier molecular flexibility index (Phi) is 8.02. The van der Waals surface area contributed by atoms with Crippen LogP contribution in [0.15, 0.2) is 67.5 Å². The Bertz CT molecular complexity index is 1480. The number of likely N-dealkylation sites (tertiary alicyclic amines) is 1. The van der Waals surface area contributed by atoms with Gasteiger partial charge in [-0.1, -0.05) is 31.2 Å². The number of ether oxygens (including phenoxy) is 3. The summed E-state index contributed by atoms with van der Waals surface area (Å²) in [5, 5.41) is 6.38. The molecule has 5 rings (SSSR count). The zero-order chi connectivity index (χ0) is 27.4. The number of fused-ring (bicyclic) bond motifs is 1. The Balaban J connectivity index is 1.51. The van der Waals surface area contributed by atoms with E-state index in [0.717, 1.165) is 41.4 Å². The molecule has 0 unspecified atom stereocenters. The monoisotopic (exact) mass is 546 g/mol. The fourth-order valence-corrected chi connectivity index (χ4v) is 5.11. The Hall–Kier alpha value is -4.04. The first kappa shape index (κ1) is 26.6. The molecule has 202 valence electrons. The quantitative estimate of drug-likeness (QED) is 0.218. The van der Waals surface area contributed by atoms with Crippen LogP contribution in [0.4, 0.5) is 0 Å². The molecule has 0 spiro atoms. The molecule has 1 fully saturated rings. The zero-order valence-electron chi connectivity index (χ0n) is 22.1. The summed E-state index contributed by atoms with van der Waals surface area (Å²) in [7, 11) is 1.57. The van der Waals surface area contributed by atoms with Gasteiger partial charge in [-0.25, -0.2) is 0 Å². The number of halogens is 1. The predicted octanol–water partition coefficient (Wildman–Crippen LogP) is 6.69. The molecular formula is C30H31ClN4O4. The third-order valence-electron chi connectivity index (χ3n) is 6.77. The average Bonchev–Trinajstić information content (AvgIpc) is 3.37. The molecule has 3 heterocycles. The van der Waals surface area contributed by atoms with Gasteiger partial charge in [-0.05, 0) is 61.7 Å². The maximum absolute atomic E-state index is 12.4. The summed E-state index contributed by atoms with van der Waals surface area (Å²) >= 11 is 6.41. The van der Waals surface area contributed by atoms with Crippen molar-refractivity contribution in [1.29, 1.82) is 0 Å². The summed E-state index contributed by atoms with van der Waals surface area (Å²) in [4.78, 5) is 18.7. The van der Waals surface area contributed by atoms with Crippen molar-refractivity contribution in [2.75, 3.05) is 26.8 Å². The largest absolute Gasteiger partial charge is 0.495 e. The maximum Gasteiger partial charge on any atom is 0.246 e. The van der Waals surface area contributed by atoms with Gasteiger partial charge in [0.15, 0.2) is 5.75 Å². The molecule has 2 aromatic heterocycles. The lowest BCUT2D eigenvalue weighted by Crippen LogP contribution is -2.40. The highest BCUT2D eigenvalue weighted by atomic mass is 35.5. The van der Waals surface area contributed by atoms with Crippen molar-refractivity contribution >= 4 is 28.4 Å². The number of rotatable bonds is 9. The van der Waals surface area contributed by atoms with Crippen LogP contribution in [0.25, 0.3) is 22.2 Å². The number of aromatic nitrogens is 3. The van der Waals surface area contributed by atoms with Gasteiger partial charge in [0.1, 0.15) is 33.5 Å². The normalized spacial score (nSPS) is 15.3. The van der Waals surface area contributed by atoms with Gasteiger partial charge < -0.3 is 19.1 Å². The highest BCUT2D eigenvalue weighted by Gasteiger charge is 2.28. The first-order valence-corrected chi connectivity index (χ1v) is 13.4. The van der Waals surface area contributed by atoms with Crippen LogP contribution < -0.4 is 14.2 Å². The van der Waals surface area contributed by atoms with E-state index in [4.69, 9.17) is 30.9 Å². The number of carbonyl (C=O) groups excluding carboxylic acids is 1. The van der Waals surface area contributed by atoms with Gasteiger partial charge in [0.05, 0.1) is 31.3 Å². The van der Waals surface area contributed by atoms with E-state index < -0.39 is 0 Å². The molecule has 1 atom stereocenters. The first-order chi connectivity index (χ1) is 19.0. The smallest absolute Gasteiger partial charge is 0.246 e. The number of benzene rings is 2. The second-order valence-electron chi connectivity index (χ2n) is 9.36. The van der Waals surface area contributed by atoms with Crippen LogP contribution in [-0.4, -0.2) is 52.4 Å². The van der Waals surface area contributed by atoms with Gasteiger partial charge in [0.2, 0.25) is 5.91 Å². The van der Waals surface area contributed by atoms with Crippen LogP contribution in [0.2, 0.25) is 5.02 Å². The molecule has 39 heavy (non-hydrogen) atoms. The highest BCUT2D eigenvalue weighted by molar-refractivity contribution is 6.33. The standard InChI is InChI=1S/C30H31ClN4O4/c1-4-16-38-26-18-32-17-23-29(33-35(30(23)26)21-8-7-15-34(19-21)27(36)5-2)20-11-13-22(14-12-20)39-25-10-6-9-24(37-3)28(25)31/h5-6,9-14,17-18,21H,2,4,7-8,15-16,19H2,1,3H3/t21-/m1/s1. The number of methoxy groups -OCH3 is 1.